The Bertz CT molecular complexity index is 1180. The molecule has 0 bridgehead atoms. The van der Waals surface area contributed by atoms with Gasteiger partial charge in [0.05, 0.1) is 31.4 Å². The molecule has 1 saturated heterocycles. The summed E-state index contributed by atoms with van der Waals surface area (Å²) >= 11 is 1.14. The number of rotatable bonds is 7. The largest absolute Gasteiger partial charge is 0.497 e. The van der Waals surface area contributed by atoms with Crippen molar-refractivity contribution in [3.8, 4) is 11.5 Å². The number of amides is 1. The van der Waals surface area contributed by atoms with Crippen molar-refractivity contribution in [2.24, 2.45) is 11.8 Å². The molecule has 1 aliphatic rings. The topological polar surface area (TPSA) is 87.1 Å². The summed E-state index contributed by atoms with van der Waals surface area (Å²) in [4.78, 5) is 40.4. The van der Waals surface area contributed by atoms with Gasteiger partial charge in [0.2, 0.25) is 5.91 Å². The van der Waals surface area contributed by atoms with Crippen LogP contribution in [0, 0.1) is 11.8 Å². The Morgan fingerprint density at radius 2 is 1.71 bits per heavy atom. The molecule has 184 valence electrons. The first kappa shape index (κ1) is 25.6. The molecule has 0 spiro atoms. The van der Waals surface area contributed by atoms with Crippen molar-refractivity contribution in [1.82, 2.24) is 9.47 Å². The van der Waals surface area contributed by atoms with Crippen LogP contribution in [0.15, 0.2) is 23.0 Å². The quantitative estimate of drug-likeness (QED) is 0.551. The Hall–Kier alpha value is -3.07. The van der Waals surface area contributed by atoms with Gasteiger partial charge in [0.15, 0.2) is 0 Å². The van der Waals surface area contributed by atoms with Crippen LogP contribution in [0.3, 0.4) is 0 Å². The number of aromatic nitrogens is 1. The van der Waals surface area contributed by atoms with Crippen molar-refractivity contribution >= 4 is 35.4 Å². The summed E-state index contributed by atoms with van der Waals surface area (Å²) in [6, 6.07) is 5.30. The number of piperidine rings is 1. The zero-order valence-corrected chi connectivity index (χ0v) is 21.1. The molecule has 1 aliphatic heterocycles. The van der Waals surface area contributed by atoms with Gasteiger partial charge in [-0.2, -0.15) is 0 Å². The van der Waals surface area contributed by atoms with E-state index >= 15 is 0 Å². The van der Waals surface area contributed by atoms with E-state index < -0.39 is 5.97 Å². The van der Waals surface area contributed by atoms with Crippen LogP contribution in [0.4, 0.5) is 0 Å². The predicted octanol–water partition coefficient (Wildman–Crippen LogP) is 1.60. The van der Waals surface area contributed by atoms with Crippen LogP contribution in [-0.4, -0.2) is 55.3 Å². The number of hydrogen-bond acceptors (Lipinski definition) is 7. The first-order valence-corrected chi connectivity index (χ1v) is 12.2. The minimum Gasteiger partial charge on any atom is -0.497 e. The molecule has 0 N–H and O–H groups in total. The lowest BCUT2D eigenvalue weighted by Gasteiger charge is -2.35. The average Bonchev–Trinajstić information content (AvgIpc) is 3.06. The van der Waals surface area contributed by atoms with Gasteiger partial charge in [-0.3, -0.25) is 14.2 Å². The second-order valence-corrected chi connectivity index (χ2v) is 9.69. The highest BCUT2D eigenvalue weighted by Gasteiger charge is 2.26. The van der Waals surface area contributed by atoms with Gasteiger partial charge in [0, 0.05) is 19.2 Å². The van der Waals surface area contributed by atoms with Gasteiger partial charge in [-0.15, -0.1) is 11.3 Å². The summed E-state index contributed by atoms with van der Waals surface area (Å²) in [5.41, 5.74) is 0.364. The highest BCUT2D eigenvalue weighted by atomic mass is 32.1. The molecule has 0 saturated carbocycles. The molecule has 0 radical (unpaired) electrons. The van der Waals surface area contributed by atoms with E-state index in [1.807, 2.05) is 4.90 Å². The van der Waals surface area contributed by atoms with Gasteiger partial charge in [-0.05, 0) is 49.0 Å². The molecule has 2 heterocycles. The first-order chi connectivity index (χ1) is 16.2. The third-order valence-corrected chi connectivity index (χ3v) is 6.71. The summed E-state index contributed by atoms with van der Waals surface area (Å²) in [5.74, 6) is 1.30. The first-order valence-electron chi connectivity index (χ1n) is 11.3. The highest BCUT2D eigenvalue weighted by Crippen LogP contribution is 2.23. The van der Waals surface area contributed by atoms with Crippen molar-refractivity contribution < 1.29 is 23.8 Å². The van der Waals surface area contributed by atoms with E-state index in [1.165, 1.54) is 10.6 Å². The van der Waals surface area contributed by atoms with Gasteiger partial charge in [0.1, 0.15) is 22.7 Å². The van der Waals surface area contributed by atoms with Crippen LogP contribution in [0.25, 0.3) is 12.2 Å². The smallest absolute Gasteiger partial charge is 0.333 e. The number of thiazole rings is 1. The molecule has 1 amide bonds. The fourth-order valence-corrected chi connectivity index (χ4v) is 5.27. The Kier molecular flexibility index (Phi) is 8.55. The lowest BCUT2D eigenvalue weighted by Crippen LogP contribution is -2.46. The average molecular weight is 489 g/mol. The predicted molar refractivity (Wildman–Crippen MR) is 132 cm³/mol. The van der Waals surface area contributed by atoms with Gasteiger partial charge >= 0.3 is 5.97 Å². The summed E-state index contributed by atoms with van der Waals surface area (Å²) < 4.78 is 17.8. The third-order valence-electron chi connectivity index (χ3n) is 5.65. The number of nitrogens with zero attached hydrogens (tertiary/aromatic N) is 2. The van der Waals surface area contributed by atoms with Crippen molar-refractivity contribution in [2.75, 3.05) is 33.9 Å². The SMILES string of the molecule is CCOC(=O)/C=c1\s/c(=C/c2cc(OC)cc(OC)c2)c(=O)n1CC(=O)N1C[C@@H](C)C[C@H](C)C1. The van der Waals surface area contributed by atoms with E-state index in [1.54, 1.807) is 45.4 Å². The Morgan fingerprint density at radius 1 is 1.09 bits per heavy atom. The third kappa shape index (κ3) is 6.28. The molecule has 3 rings (SSSR count). The molecule has 1 fully saturated rings. The lowest BCUT2D eigenvalue weighted by atomic mass is 9.92. The summed E-state index contributed by atoms with van der Waals surface area (Å²) in [7, 11) is 3.11. The van der Waals surface area contributed by atoms with Crippen LogP contribution < -0.4 is 24.2 Å². The molecule has 9 heteroatoms. The van der Waals surface area contributed by atoms with Crippen molar-refractivity contribution in [1.29, 1.82) is 0 Å². The summed E-state index contributed by atoms with van der Waals surface area (Å²) in [6.07, 6.45) is 4.05. The summed E-state index contributed by atoms with van der Waals surface area (Å²) in [5, 5.41) is 0. The Balaban J connectivity index is 2.05. The molecule has 1 aromatic carbocycles. The number of hydrogen-bond donors (Lipinski definition) is 0. The monoisotopic (exact) mass is 488 g/mol. The molecule has 2 atom stereocenters. The zero-order valence-electron chi connectivity index (χ0n) is 20.3. The molecule has 34 heavy (non-hydrogen) atoms. The zero-order chi connectivity index (χ0) is 24.8. The number of likely N-dealkylation sites (tertiary alicyclic amines) is 1. The molecule has 8 nitrogen and oxygen atoms in total. The second kappa shape index (κ2) is 11.4. The molecular formula is C25H32N2O6S. The standard InChI is InChI=1S/C25H32N2O6S/c1-6-33-24(29)12-23-27(15-22(28)26-13-16(2)7-17(3)14-26)25(30)21(34-23)10-18-8-19(31-4)11-20(9-18)32-5/h8-12,16-17H,6-7,13-15H2,1-5H3/b21-10+,23-12-/t16-,17-/m0/s1. The minimum absolute atomic E-state index is 0.130. The van der Waals surface area contributed by atoms with Gasteiger partial charge in [-0.25, -0.2) is 4.79 Å². The summed E-state index contributed by atoms with van der Waals surface area (Å²) in [6.45, 7) is 7.39. The van der Waals surface area contributed by atoms with Crippen LogP contribution in [0.5, 0.6) is 11.5 Å². The van der Waals surface area contributed by atoms with Crippen molar-refractivity contribution in [3.63, 3.8) is 0 Å². The Morgan fingerprint density at radius 3 is 2.26 bits per heavy atom. The maximum absolute atomic E-state index is 13.3. The molecular weight excluding hydrogens is 456 g/mol. The molecule has 0 unspecified atom stereocenters. The van der Waals surface area contributed by atoms with E-state index in [2.05, 4.69) is 13.8 Å². The second-order valence-electron chi connectivity index (χ2n) is 8.63. The van der Waals surface area contributed by atoms with E-state index in [9.17, 15) is 14.4 Å². The lowest BCUT2D eigenvalue weighted by molar-refractivity contribution is -0.136. The number of benzene rings is 1. The van der Waals surface area contributed by atoms with E-state index in [0.29, 0.717) is 51.2 Å². The van der Waals surface area contributed by atoms with E-state index in [4.69, 9.17) is 14.2 Å². The van der Waals surface area contributed by atoms with E-state index in [0.717, 1.165) is 17.8 Å². The maximum Gasteiger partial charge on any atom is 0.333 e. The number of carbonyl (C=O) groups is 2. The molecule has 2 aromatic rings. The molecule has 1 aromatic heterocycles. The number of methoxy groups -OCH3 is 2. The van der Waals surface area contributed by atoms with Crippen LogP contribution in [-0.2, 0) is 20.9 Å². The van der Waals surface area contributed by atoms with Gasteiger partial charge in [0.25, 0.3) is 5.56 Å². The van der Waals surface area contributed by atoms with Crippen LogP contribution in [0.2, 0.25) is 0 Å². The van der Waals surface area contributed by atoms with Crippen molar-refractivity contribution in [2.45, 2.75) is 33.7 Å². The molecule has 0 aliphatic carbocycles. The van der Waals surface area contributed by atoms with Crippen LogP contribution in [0.1, 0.15) is 32.8 Å². The fourth-order valence-electron chi connectivity index (χ4n) is 4.24. The van der Waals surface area contributed by atoms with Gasteiger partial charge < -0.3 is 19.1 Å². The number of carbonyl (C=O) groups excluding carboxylic acids is 2. The normalized spacial score (nSPS) is 19.3. The van der Waals surface area contributed by atoms with Crippen LogP contribution >= 0.6 is 11.3 Å². The van der Waals surface area contributed by atoms with E-state index in [-0.39, 0.29) is 24.6 Å². The Labute approximate surface area is 203 Å². The van der Waals surface area contributed by atoms with Crippen molar-refractivity contribution in [3.05, 3.63) is 43.3 Å². The minimum atomic E-state index is -0.556. The fraction of sp³-hybridized carbons (Fsp3) is 0.480. The number of ether oxygens (including phenoxy) is 3. The number of esters is 1. The highest BCUT2D eigenvalue weighted by molar-refractivity contribution is 7.07. The maximum atomic E-state index is 13.3. The van der Waals surface area contributed by atoms with Gasteiger partial charge in [-0.1, -0.05) is 13.8 Å².